The van der Waals surface area contributed by atoms with Crippen LogP contribution in [0.5, 0.6) is 0 Å². The van der Waals surface area contributed by atoms with Crippen molar-refractivity contribution in [3.8, 4) is 0 Å². The first-order chi connectivity index (χ1) is 14.6. The molecule has 32 heavy (non-hydrogen) atoms. The minimum absolute atomic E-state index is 0.0806. The van der Waals surface area contributed by atoms with Crippen LogP contribution in [0.3, 0.4) is 0 Å². The molecule has 0 aliphatic heterocycles. The van der Waals surface area contributed by atoms with E-state index in [2.05, 4.69) is 11.3 Å². The van der Waals surface area contributed by atoms with Gasteiger partial charge in [-0.2, -0.15) is 30.7 Å². The van der Waals surface area contributed by atoms with Crippen LogP contribution in [-0.4, -0.2) is 54.9 Å². The number of hydrogen-bond acceptors (Lipinski definition) is 5. The van der Waals surface area contributed by atoms with Crippen molar-refractivity contribution in [3.05, 3.63) is 12.2 Å². The highest BCUT2D eigenvalue weighted by molar-refractivity contribution is 5.87. The van der Waals surface area contributed by atoms with Gasteiger partial charge in [0.1, 0.15) is 12.2 Å². The van der Waals surface area contributed by atoms with E-state index in [1.165, 1.54) is 6.92 Å². The zero-order valence-corrected chi connectivity index (χ0v) is 17.2. The van der Waals surface area contributed by atoms with Crippen LogP contribution in [0.1, 0.15) is 39.0 Å². The Bertz CT molecular complexity index is 763. The third kappa shape index (κ3) is 4.60. The van der Waals surface area contributed by atoms with Crippen molar-refractivity contribution < 1.29 is 54.5 Å². The molecule has 0 amide bonds. The second kappa shape index (κ2) is 8.18. The number of esters is 2. The van der Waals surface area contributed by atoms with Crippen molar-refractivity contribution in [1.29, 1.82) is 0 Å². The van der Waals surface area contributed by atoms with Gasteiger partial charge in [0.25, 0.3) is 0 Å². The maximum Gasteiger partial charge on any atom is 0.460 e. The molecule has 5 nitrogen and oxygen atoms in total. The van der Waals surface area contributed by atoms with E-state index >= 15 is 0 Å². The molecule has 4 saturated carbocycles. The molecule has 0 aromatic carbocycles. The monoisotopic (exact) mass is 476 g/mol. The van der Waals surface area contributed by atoms with Gasteiger partial charge in [0.2, 0.25) is 0 Å². The Balaban J connectivity index is 1.54. The van der Waals surface area contributed by atoms with Gasteiger partial charge in [-0.1, -0.05) is 6.58 Å². The van der Waals surface area contributed by atoms with E-state index in [4.69, 9.17) is 9.47 Å². The highest BCUT2D eigenvalue weighted by atomic mass is 19.4. The van der Waals surface area contributed by atoms with E-state index < -0.39 is 54.9 Å². The fraction of sp³-hybridized carbons (Fsp3) is 0.800. The van der Waals surface area contributed by atoms with E-state index in [0.717, 1.165) is 12.8 Å². The van der Waals surface area contributed by atoms with Gasteiger partial charge in [0.05, 0.1) is 6.10 Å². The van der Waals surface area contributed by atoms with E-state index in [1.807, 2.05) is 0 Å². The lowest BCUT2D eigenvalue weighted by Crippen LogP contribution is -2.59. The molecule has 0 N–H and O–H groups in total. The summed E-state index contributed by atoms with van der Waals surface area (Å²) in [5, 5.41) is 0. The van der Waals surface area contributed by atoms with Gasteiger partial charge in [-0.3, -0.25) is 0 Å². The summed E-state index contributed by atoms with van der Waals surface area (Å²) in [6.07, 6.45) is -3.80. The average Bonchev–Trinajstić information content (AvgIpc) is 2.63. The summed E-state index contributed by atoms with van der Waals surface area (Å²) in [5.74, 6) is -13.8. The van der Waals surface area contributed by atoms with Gasteiger partial charge < -0.3 is 14.2 Å². The molecule has 0 radical (unpaired) electrons. The topological polar surface area (TPSA) is 61.8 Å². The SMILES string of the molecule is C=C(C)C(=O)OC12CC3CC(C1)C(OCC(=O)OCC(F)(F)C(F)(F)C(F)(F)F)C(C3)C2. The van der Waals surface area contributed by atoms with Gasteiger partial charge >= 0.3 is 30.0 Å². The van der Waals surface area contributed by atoms with Crippen molar-refractivity contribution in [1.82, 2.24) is 0 Å². The molecule has 2 unspecified atom stereocenters. The Labute approximate surface area is 179 Å². The van der Waals surface area contributed by atoms with Crippen molar-refractivity contribution in [3.63, 3.8) is 0 Å². The first-order valence-electron chi connectivity index (χ1n) is 10.1. The third-order valence-electron chi connectivity index (χ3n) is 6.41. The van der Waals surface area contributed by atoms with Crippen LogP contribution in [0, 0.1) is 17.8 Å². The van der Waals surface area contributed by atoms with E-state index in [0.29, 0.717) is 25.2 Å². The van der Waals surface area contributed by atoms with Crippen LogP contribution < -0.4 is 0 Å². The molecular weight excluding hydrogens is 453 g/mol. The molecule has 0 spiro atoms. The summed E-state index contributed by atoms with van der Waals surface area (Å²) < 4.78 is 104. The maximum absolute atomic E-state index is 13.3. The standard InChI is InChI=1S/C20H23F7O5/c1-10(2)16(29)32-17-5-11-3-12(6-17)15(13(4-11)7-17)30-8-14(28)31-9-18(21,22)19(23,24)20(25,26)27/h11-13,15H,1,3-9H2,2H3. The normalized spacial score (nSPS) is 32.0. The second-order valence-electron chi connectivity index (χ2n) is 9.04. The second-order valence-corrected chi connectivity index (χ2v) is 9.04. The lowest BCUT2D eigenvalue weighted by Gasteiger charge is -2.58. The number of halogens is 7. The summed E-state index contributed by atoms with van der Waals surface area (Å²) in [6.45, 7) is 1.81. The van der Waals surface area contributed by atoms with Crippen LogP contribution in [0.4, 0.5) is 30.7 Å². The van der Waals surface area contributed by atoms with Crippen molar-refractivity contribution in [2.75, 3.05) is 13.2 Å². The predicted octanol–water partition coefficient (Wildman–Crippen LogP) is 4.45. The summed E-state index contributed by atoms with van der Waals surface area (Å²) in [6, 6.07) is 0. The summed E-state index contributed by atoms with van der Waals surface area (Å²) in [4.78, 5) is 23.7. The summed E-state index contributed by atoms with van der Waals surface area (Å²) >= 11 is 0. The molecule has 2 atom stereocenters. The van der Waals surface area contributed by atoms with Crippen LogP contribution in [0.15, 0.2) is 12.2 Å². The van der Waals surface area contributed by atoms with E-state index in [9.17, 15) is 40.3 Å². The molecule has 4 rings (SSSR count). The molecule has 0 heterocycles. The van der Waals surface area contributed by atoms with Crippen molar-refractivity contribution in [2.45, 2.75) is 68.8 Å². The Hall–Kier alpha value is -1.85. The quantitative estimate of drug-likeness (QED) is 0.295. The van der Waals surface area contributed by atoms with E-state index in [1.54, 1.807) is 0 Å². The Morgan fingerprint density at radius 2 is 1.56 bits per heavy atom. The number of alkyl halides is 7. The molecule has 4 bridgehead atoms. The highest BCUT2D eigenvalue weighted by Crippen LogP contribution is 2.58. The smallest absolute Gasteiger partial charge is 0.457 e. The molecule has 4 fully saturated rings. The van der Waals surface area contributed by atoms with Crippen LogP contribution >= 0.6 is 0 Å². The maximum atomic E-state index is 13.3. The summed E-state index contributed by atoms with van der Waals surface area (Å²) in [5.41, 5.74) is -0.387. The predicted molar refractivity (Wildman–Crippen MR) is 93.8 cm³/mol. The van der Waals surface area contributed by atoms with Crippen LogP contribution in [-0.2, 0) is 23.8 Å². The fourth-order valence-corrected chi connectivity index (χ4v) is 5.26. The first kappa shape index (κ1) is 24.8. The van der Waals surface area contributed by atoms with Crippen molar-refractivity contribution in [2.24, 2.45) is 17.8 Å². The molecule has 182 valence electrons. The Morgan fingerprint density at radius 1 is 1.00 bits per heavy atom. The molecule has 12 heteroatoms. The minimum Gasteiger partial charge on any atom is -0.457 e. The van der Waals surface area contributed by atoms with Gasteiger partial charge in [0.15, 0.2) is 6.61 Å². The largest absolute Gasteiger partial charge is 0.460 e. The van der Waals surface area contributed by atoms with Gasteiger partial charge in [-0.15, -0.1) is 0 Å². The molecule has 4 aliphatic carbocycles. The fourth-order valence-electron chi connectivity index (χ4n) is 5.26. The molecule has 0 saturated heterocycles. The molecule has 0 aromatic heterocycles. The van der Waals surface area contributed by atoms with Gasteiger partial charge in [-0.25, -0.2) is 9.59 Å². The third-order valence-corrected chi connectivity index (χ3v) is 6.41. The number of rotatable bonds is 8. The van der Waals surface area contributed by atoms with Crippen LogP contribution in [0.25, 0.3) is 0 Å². The Morgan fingerprint density at radius 3 is 2.06 bits per heavy atom. The van der Waals surface area contributed by atoms with Gasteiger partial charge in [-0.05, 0) is 56.8 Å². The lowest BCUT2D eigenvalue weighted by atomic mass is 9.53. The van der Waals surface area contributed by atoms with Gasteiger partial charge in [0, 0.05) is 5.57 Å². The number of carbonyl (C=O) groups is 2. The Kier molecular flexibility index (Phi) is 6.33. The molecule has 0 aromatic rings. The minimum atomic E-state index is -6.50. The number of hydrogen-bond donors (Lipinski definition) is 0. The average molecular weight is 476 g/mol. The lowest BCUT2D eigenvalue weighted by molar-refractivity contribution is -0.360. The van der Waals surface area contributed by atoms with Crippen LogP contribution in [0.2, 0.25) is 0 Å². The molecular formula is C20H23F7O5. The first-order valence-corrected chi connectivity index (χ1v) is 10.1. The highest BCUT2D eigenvalue weighted by Gasteiger charge is 2.73. The zero-order chi connectivity index (χ0) is 24.1. The van der Waals surface area contributed by atoms with E-state index in [-0.39, 0.29) is 17.4 Å². The summed E-state index contributed by atoms with van der Waals surface area (Å²) in [7, 11) is 0. The van der Waals surface area contributed by atoms with Crippen molar-refractivity contribution >= 4 is 11.9 Å². The zero-order valence-electron chi connectivity index (χ0n) is 17.2. The number of carbonyl (C=O) groups excluding carboxylic acids is 2. The molecule has 4 aliphatic rings. The number of ether oxygens (including phenoxy) is 3.